The molecule has 1 fully saturated rings. The molecule has 0 aromatic carbocycles. The van der Waals surface area contributed by atoms with Crippen molar-refractivity contribution in [2.75, 3.05) is 11.4 Å². The Kier molecular flexibility index (Phi) is 2.68. The number of carbonyl (C=O) groups is 2. The molecule has 0 N–H and O–H groups in total. The van der Waals surface area contributed by atoms with E-state index in [1.807, 2.05) is 0 Å². The maximum atomic E-state index is 11.6. The molecule has 5 heteroatoms. The third-order valence-electron chi connectivity index (χ3n) is 2.33. The van der Waals surface area contributed by atoms with Crippen LogP contribution in [-0.2, 0) is 4.79 Å². The number of hydrogen-bond donors (Lipinski definition) is 0. The Morgan fingerprint density at radius 3 is 3.00 bits per heavy atom. The van der Waals surface area contributed by atoms with Gasteiger partial charge in [-0.25, -0.2) is 0 Å². The fourth-order valence-electron chi connectivity index (χ4n) is 1.62. The van der Waals surface area contributed by atoms with Crippen LogP contribution in [0.3, 0.4) is 0 Å². The van der Waals surface area contributed by atoms with Crippen molar-refractivity contribution in [1.29, 1.82) is 0 Å². The Morgan fingerprint density at radius 1 is 1.60 bits per heavy atom. The van der Waals surface area contributed by atoms with Gasteiger partial charge in [0, 0.05) is 24.7 Å². The summed E-state index contributed by atoms with van der Waals surface area (Å²) >= 11 is 5.88. The number of nitrogens with zero attached hydrogens (tertiary/aromatic N) is 2. The fourth-order valence-corrected chi connectivity index (χ4v) is 1.89. The van der Waals surface area contributed by atoms with E-state index >= 15 is 0 Å². The number of hydrogen-bond acceptors (Lipinski definition) is 3. The smallest absolute Gasteiger partial charge is 0.228 e. The first-order valence-electron chi connectivity index (χ1n) is 4.56. The monoisotopic (exact) mass is 224 g/mol. The van der Waals surface area contributed by atoms with Crippen LogP contribution in [0.2, 0.25) is 0 Å². The predicted octanol–water partition coefficient (Wildman–Crippen LogP) is 1.24. The normalized spacial score (nSPS) is 20.7. The first-order valence-corrected chi connectivity index (χ1v) is 4.99. The molecule has 1 atom stereocenters. The summed E-state index contributed by atoms with van der Waals surface area (Å²) < 4.78 is 0. The molecule has 2 heterocycles. The van der Waals surface area contributed by atoms with Crippen molar-refractivity contribution < 1.29 is 9.59 Å². The SMILES string of the molecule is O=Cc1ccncc1N1CC(Cl)CC1=O. The second-order valence-corrected chi connectivity index (χ2v) is 3.98. The number of rotatable bonds is 2. The molecule has 1 amide bonds. The van der Waals surface area contributed by atoms with Gasteiger partial charge in [-0.15, -0.1) is 11.6 Å². The number of halogens is 1. The minimum atomic E-state index is -0.183. The number of aromatic nitrogens is 1. The standard InChI is InChI=1S/C10H9ClN2O2/c11-8-3-10(15)13(5-8)9-4-12-2-1-7(9)6-14/h1-2,4,6,8H,3,5H2. The van der Waals surface area contributed by atoms with Gasteiger partial charge in [-0.1, -0.05) is 0 Å². The van der Waals surface area contributed by atoms with Gasteiger partial charge in [0.1, 0.15) is 0 Å². The molecule has 0 spiro atoms. The second-order valence-electron chi connectivity index (χ2n) is 3.36. The summed E-state index contributed by atoms with van der Waals surface area (Å²) in [6.07, 6.45) is 4.06. The summed E-state index contributed by atoms with van der Waals surface area (Å²) in [7, 11) is 0. The van der Waals surface area contributed by atoms with Crippen molar-refractivity contribution in [2.24, 2.45) is 0 Å². The molecule has 1 saturated heterocycles. The minimum Gasteiger partial charge on any atom is -0.309 e. The van der Waals surface area contributed by atoms with Crippen molar-refractivity contribution in [3.05, 3.63) is 24.0 Å². The highest BCUT2D eigenvalue weighted by Crippen LogP contribution is 2.25. The zero-order valence-corrected chi connectivity index (χ0v) is 8.65. The quantitative estimate of drug-likeness (QED) is 0.561. The van der Waals surface area contributed by atoms with Crippen LogP contribution in [-0.4, -0.2) is 29.1 Å². The lowest BCUT2D eigenvalue weighted by atomic mass is 10.2. The zero-order valence-electron chi connectivity index (χ0n) is 7.89. The molecule has 0 radical (unpaired) electrons. The molecule has 2 rings (SSSR count). The summed E-state index contributed by atoms with van der Waals surface area (Å²) in [5.41, 5.74) is 1.00. The van der Waals surface area contributed by atoms with Crippen molar-refractivity contribution in [1.82, 2.24) is 4.98 Å². The van der Waals surface area contributed by atoms with Crippen LogP contribution in [0.5, 0.6) is 0 Å². The number of amides is 1. The average Bonchev–Trinajstić information content (AvgIpc) is 2.57. The molecule has 1 unspecified atom stereocenters. The highest BCUT2D eigenvalue weighted by molar-refractivity contribution is 6.24. The number of anilines is 1. The predicted molar refractivity (Wildman–Crippen MR) is 56.2 cm³/mol. The van der Waals surface area contributed by atoms with E-state index in [4.69, 9.17) is 11.6 Å². The van der Waals surface area contributed by atoms with Crippen LogP contribution in [0, 0.1) is 0 Å². The molecule has 1 aliphatic heterocycles. The highest BCUT2D eigenvalue weighted by Gasteiger charge is 2.30. The van der Waals surface area contributed by atoms with E-state index in [1.54, 1.807) is 6.07 Å². The van der Waals surface area contributed by atoms with E-state index in [2.05, 4.69) is 4.98 Å². The van der Waals surface area contributed by atoms with E-state index < -0.39 is 0 Å². The Morgan fingerprint density at radius 2 is 2.40 bits per heavy atom. The number of alkyl halides is 1. The molecule has 1 aromatic heterocycles. The minimum absolute atomic E-state index is 0.0638. The van der Waals surface area contributed by atoms with Crippen molar-refractivity contribution in [3.63, 3.8) is 0 Å². The van der Waals surface area contributed by atoms with E-state index in [0.29, 0.717) is 30.5 Å². The molecular formula is C10H9ClN2O2. The van der Waals surface area contributed by atoms with E-state index in [9.17, 15) is 9.59 Å². The zero-order chi connectivity index (χ0) is 10.8. The first kappa shape index (κ1) is 10.1. The van der Waals surface area contributed by atoms with Gasteiger partial charge in [-0.2, -0.15) is 0 Å². The molecule has 78 valence electrons. The molecular weight excluding hydrogens is 216 g/mol. The van der Waals surface area contributed by atoms with Crippen molar-refractivity contribution in [3.8, 4) is 0 Å². The summed E-state index contributed by atoms with van der Waals surface area (Å²) in [4.78, 5) is 27.7. The summed E-state index contributed by atoms with van der Waals surface area (Å²) in [6, 6.07) is 1.58. The summed E-state index contributed by atoms with van der Waals surface area (Å²) in [5.74, 6) is -0.0638. The van der Waals surface area contributed by atoms with Gasteiger partial charge < -0.3 is 4.90 Å². The molecule has 0 aliphatic carbocycles. The lowest BCUT2D eigenvalue weighted by Crippen LogP contribution is -2.25. The van der Waals surface area contributed by atoms with Gasteiger partial charge in [0.25, 0.3) is 0 Å². The number of carbonyl (C=O) groups excluding carboxylic acids is 2. The van der Waals surface area contributed by atoms with Crippen LogP contribution < -0.4 is 4.90 Å². The van der Waals surface area contributed by atoms with Crippen LogP contribution in [0.25, 0.3) is 0 Å². The Labute approximate surface area is 91.9 Å². The van der Waals surface area contributed by atoms with E-state index in [0.717, 1.165) is 0 Å². The Hall–Kier alpha value is -1.42. The topological polar surface area (TPSA) is 50.3 Å². The lowest BCUT2D eigenvalue weighted by molar-refractivity contribution is -0.117. The van der Waals surface area contributed by atoms with Gasteiger partial charge in [0.05, 0.1) is 17.3 Å². The molecule has 0 saturated carbocycles. The Balaban J connectivity index is 2.37. The van der Waals surface area contributed by atoms with Gasteiger partial charge in [0.2, 0.25) is 5.91 Å². The first-order chi connectivity index (χ1) is 7.22. The van der Waals surface area contributed by atoms with Gasteiger partial charge in [0.15, 0.2) is 6.29 Å². The van der Waals surface area contributed by atoms with Gasteiger partial charge in [-0.3, -0.25) is 14.6 Å². The maximum Gasteiger partial charge on any atom is 0.228 e. The second kappa shape index (κ2) is 3.98. The molecule has 15 heavy (non-hydrogen) atoms. The number of aldehydes is 1. The molecule has 1 aliphatic rings. The maximum absolute atomic E-state index is 11.6. The average molecular weight is 225 g/mol. The molecule has 4 nitrogen and oxygen atoms in total. The van der Waals surface area contributed by atoms with Crippen LogP contribution in [0.15, 0.2) is 18.5 Å². The highest BCUT2D eigenvalue weighted by atomic mass is 35.5. The van der Waals surface area contributed by atoms with E-state index in [-0.39, 0.29) is 11.3 Å². The third kappa shape index (κ3) is 1.85. The largest absolute Gasteiger partial charge is 0.309 e. The number of pyridine rings is 1. The van der Waals surface area contributed by atoms with Crippen molar-refractivity contribution >= 4 is 29.5 Å². The van der Waals surface area contributed by atoms with Crippen LogP contribution in [0.4, 0.5) is 5.69 Å². The molecule has 1 aromatic rings. The van der Waals surface area contributed by atoms with Gasteiger partial charge in [-0.05, 0) is 6.07 Å². The van der Waals surface area contributed by atoms with Crippen molar-refractivity contribution in [2.45, 2.75) is 11.8 Å². The summed E-state index contributed by atoms with van der Waals surface area (Å²) in [5, 5.41) is -0.183. The molecule has 0 bridgehead atoms. The fraction of sp³-hybridized carbons (Fsp3) is 0.300. The van der Waals surface area contributed by atoms with Gasteiger partial charge >= 0.3 is 0 Å². The summed E-state index contributed by atoms with van der Waals surface area (Å²) in [6.45, 7) is 0.437. The lowest BCUT2D eigenvalue weighted by Gasteiger charge is -2.16. The Bertz CT molecular complexity index is 408. The van der Waals surface area contributed by atoms with Crippen LogP contribution >= 0.6 is 11.6 Å². The third-order valence-corrected chi connectivity index (χ3v) is 2.62. The van der Waals surface area contributed by atoms with Crippen LogP contribution in [0.1, 0.15) is 16.8 Å². The van der Waals surface area contributed by atoms with E-state index in [1.165, 1.54) is 17.3 Å².